The Kier molecular flexibility index (Phi) is 5.53. The number of carbonyl (C=O) groups excluding carboxylic acids is 2. The molecule has 1 fully saturated rings. The molecule has 0 aliphatic carbocycles. The first-order chi connectivity index (χ1) is 17.1. The van der Waals surface area contributed by atoms with Crippen molar-refractivity contribution in [2.45, 2.75) is 31.7 Å². The number of amides is 2. The number of likely N-dealkylation sites (N-methyl/N-ethyl adjacent to an activating group) is 1. The summed E-state index contributed by atoms with van der Waals surface area (Å²) in [5, 5.41) is 2.88. The first-order valence-electron chi connectivity index (χ1n) is 12.4. The highest BCUT2D eigenvalue weighted by Crippen LogP contribution is 2.30. The Morgan fingerprint density at radius 2 is 1.80 bits per heavy atom. The SMILES string of the molecule is CN1CCC[C@H]1Cc1c[nH]c2ccc(OCCCN3C(=O)c4cccc5cccc(c45)C3=O)cc12. The van der Waals surface area contributed by atoms with Gasteiger partial charge in [0.05, 0.1) is 6.61 Å². The van der Waals surface area contributed by atoms with Crippen molar-refractivity contribution in [1.29, 1.82) is 0 Å². The molecule has 3 heterocycles. The number of likely N-dealkylation sites (tertiary alicyclic amines) is 1. The monoisotopic (exact) mass is 467 g/mol. The van der Waals surface area contributed by atoms with E-state index in [1.165, 1.54) is 35.2 Å². The minimum atomic E-state index is -0.227. The van der Waals surface area contributed by atoms with Gasteiger partial charge in [0.1, 0.15) is 5.75 Å². The van der Waals surface area contributed by atoms with Crippen LogP contribution in [0.4, 0.5) is 0 Å². The van der Waals surface area contributed by atoms with Gasteiger partial charge in [-0.2, -0.15) is 0 Å². The zero-order valence-electron chi connectivity index (χ0n) is 19.9. The van der Waals surface area contributed by atoms with E-state index in [0.717, 1.165) is 28.5 Å². The zero-order valence-corrected chi connectivity index (χ0v) is 19.9. The van der Waals surface area contributed by atoms with Gasteiger partial charge < -0.3 is 14.6 Å². The van der Waals surface area contributed by atoms with Crippen molar-refractivity contribution < 1.29 is 14.3 Å². The molecule has 0 bridgehead atoms. The number of imide groups is 1. The summed E-state index contributed by atoms with van der Waals surface area (Å²) in [4.78, 5) is 33.3. The molecule has 3 aromatic carbocycles. The van der Waals surface area contributed by atoms with Gasteiger partial charge in [0.2, 0.25) is 0 Å². The highest BCUT2D eigenvalue weighted by Gasteiger charge is 2.32. The van der Waals surface area contributed by atoms with Gasteiger partial charge in [0.15, 0.2) is 0 Å². The summed E-state index contributed by atoms with van der Waals surface area (Å²) in [6.07, 6.45) is 6.23. The van der Waals surface area contributed by atoms with Gasteiger partial charge in [-0.25, -0.2) is 0 Å². The van der Waals surface area contributed by atoms with Crippen molar-refractivity contribution in [1.82, 2.24) is 14.8 Å². The smallest absolute Gasteiger partial charge is 0.261 e. The number of carbonyl (C=O) groups is 2. The maximum atomic E-state index is 13.1. The van der Waals surface area contributed by atoms with Crippen LogP contribution < -0.4 is 4.74 Å². The van der Waals surface area contributed by atoms with Crippen molar-refractivity contribution in [3.63, 3.8) is 0 Å². The number of hydrogen-bond acceptors (Lipinski definition) is 4. The number of nitrogens with zero attached hydrogens (tertiary/aromatic N) is 2. The molecule has 2 aliphatic heterocycles. The standard InChI is InChI=1S/C29H29N3O3/c1-31-13-4-8-21(31)16-20-18-30-26-12-11-22(17-25(20)26)35-15-5-14-32-28(33)23-9-2-6-19-7-3-10-24(27(19)23)29(32)34/h2-3,6-7,9-12,17-18,21,30H,4-5,8,13-16H2,1H3/t21-/m0/s1. The molecule has 4 aromatic rings. The number of rotatable bonds is 7. The van der Waals surface area contributed by atoms with Gasteiger partial charge in [0.25, 0.3) is 11.8 Å². The second kappa shape index (κ2) is 8.86. The molecule has 1 N–H and O–H groups in total. The van der Waals surface area contributed by atoms with Gasteiger partial charge in [-0.15, -0.1) is 0 Å². The molecular weight excluding hydrogens is 438 g/mol. The molecule has 2 aliphatic rings. The number of aromatic amines is 1. The fraction of sp³-hybridized carbons (Fsp3) is 0.310. The molecule has 6 nitrogen and oxygen atoms in total. The van der Waals surface area contributed by atoms with Crippen molar-refractivity contribution in [3.8, 4) is 5.75 Å². The normalized spacial score (nSPS) is 18.2. The number of fused-ring (bicyclic) bond motifs is 1. The van der Waals surface area contributed by atoms with E-state index >= 15 is 0 Å². The van der Waals surface area contributed by atoms with E-state index in [2.05, 4.69) is 35.3 Å². The van der Waals surface area contributed by atoms with Gasteiger partial charge >= 0.3 is 0 Å². The van der Waals surface area contributed by atoms with E-state index in [0.29, 0.717) is 36.7 Å². The lowest BCUT2D eigenvalue weighted by atomic mass is 9.94. The van der Waals surface area contributed by atoms with Crippen LogP contribution in [-0.4, -0.2) is 59.4 Å². The number of aromatic nitrogens is 1. The van der Waals surface area contributed by atoms with Crippen LogP contribution in [-0.2, 0) is 6.42 Å². The van der Waals surface area contributed by atoms with E-state index in [-0.39, 0.29) is 11.8 Å². The second-order valence-corrected chi connectivity index (χ2v) is 9.68. The molecule has 0 spiro atoms. The van der Waals surface area contributed by atoms with Crippen molar-refractivity contribution in [3.05, 3.63) is 77.5 Å². The summed E-state index contributed by atoms with van der Waals surface area (Å²) in [6, 6.07) is 17.9. The Bertz CT molecular complexity index is 1390. The molecule has 0 radical (unpaired) electrons. The first kappa shape index (κ1) is 21.9. The number of hydrogen-bond donors (Lipinski definition) is 1. The topological polar surface area (TPSA) is 65.6 Å². The van der Waals surface area contributed by atoms with Crippen LogP contribution in [0.1, 0.15) is 45.5 Å². The fourth-order valence-electron chi connectivity index (χ4n) is 5.60. The summed E-state index contributed by atoms with van der Waals surface area (Å²) in [5.74, 6) is 0.355. The Balaban J connectivity index is 1.11. The summed E-state index contributed by atoms with van der Waals surface area (Å²) in [7, 11) is 2.21. The molecular formula is C29H29N3O3. The Morgan fingerprint density at radius 1 is 1.03 bits per heavy atom. The predicted octanol–water partition coefficient (Wildman–Crippen LogP) is 5.02. The predicted molar refractivity (Wildman–Crippen MR) is 137 cm³/mol. The maximum Gasteiger partial charge on any atom is 0.261 e. The molecule has 178 valence electrons. The molecule has 6 heteroatoms. The van der Waals surface area contributed by atoms with Gasteiger partial charge in [0, 0.05) is 46.2 Å². The molecule has 1 atom stereocenters. The van der Waals surface area contributed by atoms with E-state index in [4.69, 9.17) is 4.74 Å². The van der Waals surface area contributed by atoms with Crippen LogP contribution in [0, 0.1) is 0 Å². The Morgan fingerprint density at radius 3 is 2.51 bits per heavy atom. The third-order valence-corrected chi connectivity index (χ3v) is 7.52. The van der Waals surface area contributed by atoms with Gasteiger partial charge in [-0.1, -0.05) is 24.3 Å². The van der Waals surface area contributed by atoms with Crippen LogP contribution in [0.3, 0.4) is 0 Å². The van der Waals surface area contributed by atoms with Crippen LogP contribution in [0.25, 0.3) is 21.7 Å². The third kappa shape index (κ3) is 3.88. The summed E-state index contributed by atoms with van der Waals surface area (Å²) in [5.41, 5.74) is 3.63. The lowest BCUT2D eigenvalue weighted by Gasteiger charge is -2.27. The largest absolute Gasteiger partial charge is 0.494 e. The summed E-state index contributed by atoms with van der Waals surface area (Å²) in [6.45, 7) is 1.93. The molecule has 0 saturated carbocycles. The Hall–Kier alpha value is -3.64. The number of nitrogens with one attached hydrogen (secondary N) is 1. The quantitative estimate of drug-likeness (QED) is 0.306. The fourth-order valence-corrected chi connectivity index (χ4v) is 5.60. The van der Waals surface area contributed by atoms with Crippen molar-refractivity contribution in [2.75, 3.05) is 26.7 Å². The van der Waals surface area contributed by atoms with Crippen LogP contribution in [0.2, 0.25) is 0 Å². The lowest BCUT2D eigenvalue weighted by Crippen LogP contribution is -2.41. The number of benzene rings is 3. The van der Waals surface area contributed by atoms with Crippen LogP contribution >= 0.6 is 0 Å². The molecule has 1 saturated heterocycles. The average molecular weight is 468 g/mol. The summed E-state index contributed by atoms with van der Waals surface area (Å²) >= 11 is 0. The van der Waals surface area contributed by atoms with Crippen LogP contribution in [0.15, 0.2) is 60.8 Å². The number of ether oxygens (including phenoxy) is 1. The zero-order chi connectivity index (χ0) is 23.9. The Labute approximate surface area is 204 Å². The molecule has 1 aromatic heterocycles. The molecule has 35 heavy (non-hydrogen) atoms. The van der Waals surface area contributed by atoms with E-state index in [1.807, 2.05) is 30.3 Å². The number of H-pyrrole nitrogens is 1. The maximum absolute atomic E-state index is 13.1. The van der Waals surface area contributed by atoms with Crippen molar-refractivity contribution >= 4 is 33.5 Å². The minimum Gasteiger partial charge on any atom is -0.494 e. The third-order valence-electron chi connectivity index (χ3n) is 7.52. The molecule has 6 rings (SSSR count). The molecule has 0 unspecified atom stereocenters. The van der Waals surface area contributed by atoms with Gasteiger partial charge in [-0.05, 0) is 80.6 Å². The first-order valence-corrected chi connectivity index (χ1v) is 12.4. The van der Waals surface area contributed by atoms with E-state index < -0.39 is 0 Å². The van der Waals surface area contributed by atoms with Crippen LogP contribution in [0.5, 0.6) is 5.75 Å². The second-order valence-electron chi connectivity index (χ2n) is 9.68. The minimum absolute atomic E-state index is 0.227. The highest BCUT2D eigenvalue weighted by molar-refractivity contribution is 6.25. The lowest BCUT2D eigenvalue weighted by molar-refractivity contribution is 0.0603. The van der Waals surface area contributed by atoms with Gasteiger partial charge in [-0.3, -0.25) is 14.5 Å². The summed E-state index contributed by atoms with van der Waals surface area (Å²) < 4.78 is 6.04. The van der Waals surface area contributed by atoms with Crippen molar-refractivity contribution in [2.24, 2.45) is 0 Å². The average Bonchev–Trinajstić information content (AvgIpc) is 3.47. The van der Waals surface area contributed by atoms with E-state index in [9.17, 15) is 9.59 Å². The molecule has 2 amide bonds. The highest BCUT2D eigenvalue weighted by atomic mass is 16.5. The van der Waals surface area contributed by atoms with E-state index in [1.54, 1.807) is 12.1 Å².